The SMILES string of the molecule is CCCCCCCCCCCC(C)(C#N)C#N. The van der Waals surface area contributed by atoms with Gasteiger partial charge in [0, 0.05) is 0 Å². The maximum Gasteiger partial charge on any atom is 0.141 e. The first-order valence-electron chi connectivity index (χ1n) is 7.01. The molecule has 0 bridgehead atoms. The molecule has 0 aliphatic heterocycles. The molecule has 0 radical (unpaired) electrons. The fourth-order valence-corrected chi connectivity index (χ4v) is 1.93. The standard InChI is InChI=1S/C15H26N2/c1-3-4-5-6-7-8-9-10-11-12-15(2,13-16)14-17/h3-12H2,1-2H3. The third kappa shape index (κ3) is 8.75. The molecule has 0 unspecified atom stereocenters. The summed E-state index contributed by atoms with van der Waals surface area (Å²) in [5.74, 6) is 0. The van der Waals surface area contributed by atoms with Crippen LogP contribution in [0.15, 0.2) is 0 Å². The van der Waals surface area contributed by atoms with E-state index in [9.17, 15) is 0 Å². The number of unbranched alkanes of at least 4 members (excludes halogenated alkanes) is 8. The molecule has 17 heavy (non-hydrogen) atoms. The largest absolute Gasteiger partial charge is 0.197 e. The zero-order valence-corrected chi connectivity index (χ0v) is 11.5. The van der Waals surface area contributed by atoms with E-state index in [-0.39, 0.29) is 0 Å². The molecule has 2 nitrogen and oxygen atoms in total. The minimum atomic E-state index is -0.763. The summed E-state index contributed by atoms with van der Waals surface area (Å²) in [6, 6.07) is 4.18. The molecule has 0 saturated carbocycles. The molecule has 0 aliphatic rings. The molecule has 0 aliphatic carbocycles. The van der Waals surface area contributed by atoms with Gasteiger partial charge in [-0.3, -0.25) is 0 Å². The van der Waals surface area contributed by atoms with Crippen molar-refractivity contribution in [3.05, 3.63) is 0 Å². The maximum absolute atomic E-state index is 8.84. The molecule has 0 spiro atoms. The van der Waals surface area contributed by atoms with Gasteiger partial charge in [-0.1, -0.05) is 64.7 Å². The molecule has 0 N–H and O–H groups in total. The van der Waals surface area contributed by atoms with Crippen LogP contribution in [-0.4, -0.2) is 0 Å². The zero-order chi connectivity index (χ0) is 13.0. The Kier molecular flexibility index (Phi) is 9.55. The first kappa shape index (κ1) is 16.0. The van der Waals surface area contributed by atoms with Crippen molar-refractivity contribution in [1.29, 1.82) is 10.5 Å². The Morgan fingerprint density at radius 1 is 0.765 bits per heavy atom. The fraction of sp³-hybridized carbons (Fsp3) is 0.867. The van der Waals surface area contributed by atoms with Gasteiger partial charge < -0.3 is 0 Å². The number of hydrogen-bond acceptors (Lipinski definition) is 2. The summed E-state index contributed by atoms with van der Waals surface area (Å²) < 4.78 is 0. The molecule has 2 heteroatoms. The second-order valence-electron chi connectivity index (χ2n) is 5.13. The van der Waals surface area contributed by atoms with Crippen molar-refractivity contribution in [1.82, 2.24) is 0 Å². The Labute approximate surface area is 107 Å². The molecule has 0 aromatic carbocycles. The maximum atomic E-state index is 8.84. The predicted octanol–water partition coefficient (Wildman–Crippen LogP) is 4.96. The molecule has 96 valence electrons. The lowest BCUT2D eigenvalue weighted by Gasteiger charge is -2.10. The van der Waals surface area contributed by atoms with E-state index in [4.69, 9.17) is 10.5 Å². The molecular weight excluding hydrogens is 208 g/mol. The molecule has 0 atom stereocenters. The van der Waals surface area contributed by atoms with Crippen molar-refractivity contribution < 1.29 is 0 Å². The van der Waals surface area contributed by atoms with Crippen LogP contribution in [-0.2, 0) is 0 Å². The van der Waals surface area contributed by atoms with E-state index in [1.807, 2.05) is 0 Å². The summed E-state index contributed by atoms with van der Waals surface area (Å²) >= 11 is 0. The van der Waals surface area contributed by atoms with Crippen LogP contribution in [0.2, 0.25) is 0 Å². The average molecular weight is 234 g/mol. The molecule has 0 aromatic heterocycles. The predicted molar refractivity (Wildman–Crippen MR) is 71.2 cm³/mol. The van der Waals surface area contributed by atoms with Gasteiger partial charge in [-0.15, -0.1) is 0 Å². The highest BCUT2D eigenvalue weighted by Crippen LogP contribution is 2.22. The van der Waals surface area contributed by atoms with E-state index in [1.165, 1.54) is 44.9 Å². The van der Waals surface area contributed by atoms with Gasteiger partial charge in [-0.25, -0.2) is 0 Å². The van der Waals surface area contributed by atoms with Gasteiger partial charge in [-0.05, 0) is 13.3 Å². The molecule has 0 rings (SSSR count). The summed E-state index contributed by atoms with van der Waals surface area (Å²) in [6.07, 6.45) is 12.2. The van der Waals surface area contributed by atoms with Crippen molar-refractivity contribution >= 4 is 0 Å². The van der Waals surface area contributed by atoms with Crippen molar-refractivity contribution in [3.8, 4) is 12.1 Å². The topological polar surface area (TPSA) is 47.6 Å². The van der Waals surface area contributed by atoms with Crippen molar-refractivity contribution in [2.24, 2.45) is 5.41 Å². The minimum absolute atomic E-state index is 0.718. The molecular formula is C15H26N2. The highest BCUT2D eigenvalue weighted by atomic mass is 14.4. The number of rotatable bonds is 10. The Morgan fingerprint density at radius 3 is 1.59 bits per heavy atom. The van der Waals surface area contributed by atoms with Crippen LogP contribution in [0.4, 0.5) is 0 Å². The molecule has 0 amide bonds. The Hall–Kier alpha value is -1.02. The lowest BCUT2D eigenvalue weighted by atomic mass is 9.88. The second-order valence-corrected chi connectivity index (χ2v) is 5.13. The lowest BCUT2D eigenvalue weighted by Crippen LogP contribution is -2.09. The highest BCUT2D eigenvalue weighted by molar-refractivity contribution is 5.10. The summed E-state index contributed by atoms with van der Waals surface area (Å²) in [7, 11) is 0. The Bertz CT molecular complexity index is 243. The third-order valence-electron chi connectivity index (χ3n) is 3.27. The normalized spacial score (nSPS) is 10.8. The molecule has 0 saturated heterocycles. The monoisotopic (exact) mass is 234 g/mol. The van der Waals surface area contributed by atoms with Crippen LogP contribution < -0.4 is 0 Å². The first-order valence-corrected chi connectivity index (χ1v) is 7.01. The highest BCUT2D eigenvalue weighted by Gasteiger charge is 2.21. The van der Waals surface area contributed by atoms with E-state index in [0.29, 0.717) is 0 Å². The van der Waals surface area contributed by atoms with E-state index in [2.05, 4.69) is 19.1 Å². The van der Waals surface area contributed by atoms with Gasteiger partial charge in [-0.2, -0.15) is 10.5 Å². The van der Waals surface area contributed by atoms with Crippen LogP contribution in [0.25, 0.3) is 0 Å². The summed E-state index contributed by atoms with van der Waals surface area (Å²) in [6.45, 7) is 3.97. The Morgan fingerprint density at radius 2 is 1.18 bits per heavy atom. The molecule has 0 aromatic rings. The summed E-state index contributed by atoms with van der Waals surface area (Å²) in [4.78, 5) is 0. The van der Waals surface area contributed by atoms with Crippen LogP contribution in [0.5, 0.6) is 0 Å². The minimum Gasteiger partial charge on any atom is -0.197 e. The fourth-order valence-electron chi connectivity index (χ4n) is 1.93. The van der Waals surface area contributed by atoms with E-state index in [0.717, 1.165) is 19.3 Å². The van der Waals surface area contributed by atoms with Crippen LogP contribution in [0.3, 0.4) is 0 Å². The van der Waals surface area contributed by atoms with Crippen molar-refractivity contribution in [3.63, 3.8) is 0 Å². The number of hydrogen-bond donors (Lipinski definition) is 0. The van der Waals surface area contributed by atoms with Crippen LogP contribution in [0, 0.1) is 28.1 Å². The number of nitriles is 2. The van der Waals surface area contributed by atoms with Crippen LogP contribution in [0.1, 0.15) is 78.1 Å². The van der Waals surface area contributed by atoms with Gasteiger partial charge >= 0.3 is 0 Å². The van der Waals surface area contributed by atoms with Gasteiger partial charge in [0.05, 0.1) is 12.1 Å². The molecule has 0 heterocycles. The van der Waals surface area contributed by atoms with Crippen LogP contribution >= 0.6 is 0 Å². The lowest BCUT2D eigenvalue weighted by molar-refractivity contribution is 0.473. The van der Waals surface area contributed by atoms with Gasteiger partial charge in [0.15, 0.2) is 0 Å². The van der Waals surface area contributed by atoms with E-state index < -0.39 is 5.41 Å². The summed E-state index contributed by atoms with van der Waals surface area (Å²) in [5, 5.41) is 17.7. The van der Waals surface area contributed by atoms with Crippen molar-refractivity contribution in [2.45, 2.75) is 78.1 Å². The van der Waals surface area contributed by atoms with Gasteiger partial charge in [0.25, 0.3) is 0 Å². The smallest absolute Gasteiger partial charge is 0.141 e. The molecule has 0 fully saturated rings. The number of nitrogens with zero attached hydrogens (tertiary/aromatic N) is 2. The Balaban J connectivity index is 3.31. The van der Waals surface area contributed by atoms with Gasteiger partial charge in [0.1, 0.15) is 5.41 Å². The third-order valence-corrected chi connectivity index (χ3v) is 3.27. The van der Waals surface area contributed by atoms with Crippen molar-refractivity contribution in [2.75, 3.05) is 0 Å². The van der Waals surface area contributed by atoms with E-state index >= 15 is 0 Å². The first-order chi connectivity index (χ1) is 8.18. The quantitative estimate of drug-likeness (QED) is 0.501. The van der Waals surface area contributed by atoms with E-state index in [1.54, 1.807) is 6.92 Å². The average Bonchev–Trinajstić information content (AvgIpc) is 2.36. The second kappa shape index (κ2) is 10.2. The summed E-state index contributed by atoms with van der Waals surface area (Å²) in [5.41, 5.74) is -0.763. The van der Waals surface area contributed by atoms with Gasteiger partial charge in [0.2, 0.25) is 0 Å². The zero-order valence-electron chi connectivity index (χ0n) is 11.5.